The Labute approximate surface area is 265 Å². The average molecular weight is 617 g/mol. The Morgan fingerprint density at radius 1 is 1.07 bits per heavy atom. The molecule has 1 aromatic carbocycles. The van der Waals surface area contributed by atoms with Crippen molar-refractivity contribution in [3.63, 3.8) is 0 Å². The second-order valence-corrected chi connectivity index (χ2v) is 14.6. The Bertz CT molecular complexity index is 1580. The largest absolute Gasteiger partial charge is 0.461 e. The summed E-state index contributed by atoms with van der Waals surface area (Å²) < 4.78 is 28.8. The molecule has 4 aliphatic heterocycles. The summed E-state index contributed by atoms with van der Waals surface area (Å²) >= 11 is 0. The molecule has 4 fully saturated rings. The van der Waals surface area contributed by atoms with Crippen LogP contribution in [0.1, 0.15) is 84.6 Å². The lowest BCUT2D eigenvalue weighted by Crippen LogP contribution is -2.57. The maximum Gasteiger partial charge on any atom is 0.410 e. The van der Waals surface area contributed by atoms with Gasteiger partial charge in [-0.05, 0) is 83.9 Å². The Balaban J connectivity index is 1.27. The SMILES string of the molecule is CC(C)c1ccccc1-c1ncc2c(N3CC4CCC(C3)N4C(=O)OC(C)(C)C)nc(OCC34CCCN3CCC4)nc2c1F. The number of rotatable bonds is 6. The van der Waals surface area contributed by atoms with E-state index in [4.69, 9.17) is 19.4 Å². The second-order valence-electron chi connectivity index (χ2n) is 14.6. The first-order valence-corrected chi connectivity index (χ1v) is 16.6. The fraction of sp³-hybridized carbons (Fsp3) is 0.600. The number of carbonyl (C=O) groups is 1. The third-order valence-corrected chi connectivity index (χ3v) is 10.1. The number of ether oxygens (including phenoxy) is 2. The molecule has 3 aromatic rings. The van der Waals surface area contributed by atoms with Crippen LogP contribution < -0.4 is 9.64 Å². The van der Waals surface area contributed by atoms with Gasteiger partial charge < -0.3 is 14.4 Å². The Morgan fingerprint density at radius 2 is 1.76 bits per heavy atom. The Kier molecular flexibility index (Phi) is 7.61. The minimum Gasteiger partial charge on any atom is -0.461 e. The summed E-state index contributed by atoms with van der Waals surface area (Å²) in [6.45, 7) is 13.7. The van der Waals surface area contributed by atoms with Crippen molar-refractivity contribution in [1.82, 2.24) is 24.8 Å². The molecule has 6 heterocycles. The van der Waals surface area contributed by atoms with E-state index < -0.39 is 11.4 Å². The van der Waals surface area contributed by atoms with E-state index >= 15 is 4.39 Å². The van der Waals surface area contributed by atoms with Crippen molar-refractivity contribution < 1.29 is 18.7 Å². The normalized spacial score (nSPS) is 22.8. The van der Waals surface area contributed by atoms with Crippen molar-refractivity contribution in [3.8, 4) is 17.3 Å². The monoisotopic (exact) mass is 616 g/mol. The third-order valence-electron chi connectivity index (χ3n) is 10.1. The quantitative estimate of drug-likeness (QED) is 0.308. The summed E-state index contributed by atoms with van der Waals surface area (Å²) in [4.78, 5) is 34.1. The number of hydrogen-bond acceptors (Lipinski definition) is 8. The molecule has 0 aliphatic carbocycles. The summed E-state index contributed by atoms with van der Waals surface area (Å²) in [7, 11) is 0. The van der Waals surface area contributed by atoms with Crippen LogP contribution in [0.2, 0.25) is 0 Å². The zero-order chi connectivity index (χ0) is 31.5. The van der Waals surface area contributed by atoms with Crippen molar-refractivity contribution in [2.45, 2.75) is 102 Å². The molecule has 2 bridgehead atoms. The van der Waals surface area contributed by atoms with E-state index in [2.05, 4.69) is 28.6 Å². The maximum absolute atomic E-state index is 16.7. The van der Waals surface area contributed by atoms with Crippen LogP contribution in [-0.2, 0) is 4.74 Å². The molecular formula is C35H45FN6O3. The molecule has 240 valence electrons. The third kappa shape index (κ3) is 5.49. The Morgan fingerprint density at radius 3 is 2.42 bits per heavy atom. The van der Waals surface area contributed by atoms with Crippen molar-refractivity contribution in [3.05, 3.63) is 41.8 Å². The van der Waals surface area contributed by atoms with Gasteiger partial charge in [0, 0.05) is 24.8 Å². The highest BCUT2D eigenvalue weighted by atomic mass is 19.1. The number of fused-ring (bicyclic) bond motifs is 4. The highest BCUT2D eigenvalue weighted by Crippen LogP contribution is 2.41. The minimum absolute atomic E-state index is 0.00871. The predicted molar refractivity (Wildman–Crippen MR) is 172 cm³/mol. The summed E-state index contributed by atoms with van der Waals surface area (Å²) in [6, 6.07) is 8.00. The van der Waals surface area contributed by atoms with Crippen LogP contribution in [0, 0.1) is 5.82 Å². The number of nitrogens with zero attached hydrogens (tertiary/aromatic N) is 6. The zero-order valence-electron chi connectivity index (χ0n) is 27.2. The number of carbonyl (C=O) groups excluding carboxylic acids is 1. The smallest absolute Gasteiger partial charge is 0.410 e. The average Bonchev–Trinajstić information content (AvgIpc) is 3.66. The highest BCUT2D eigenvalue weighted by Gasteiger charge is 2.46. The molecule has 0 spiro atoms. The predicted octanol–water partition coefficient (Wildman–Crippen LogP) is 6.55. The Hall–Kier alpha value is -3.53. The second kappa shape index (κ2) is 11.4. The van der Waals surface area contributed by atoms with Crippen LogP contribution in [0.5, 0.6) is 6.01 Å². The molecule has 2 unspecified atom stereocenters. The van der Waals surface area contributed by atoms with Crippen LogP contribution in [-0.4, -0.2) is 86.9 Å². The summed E-state index contributed by atoms with van der Waals surface area (Å²) in [5, 5.41) is 0.553. The van der Waals surface area contributed by atoms with E-state index in [9.17, 15) is 4.79 Å². The van der Waals surface area contributed by atoms with Gasteiger partial charge in [-0.25, -0.2) is 9.18 Å². The lowest BCUT2D eigenvalue weighted by molar-refractivity contribution is 0.0122. The van der Waals surface area contributed by atoms with Gasteiger partial charge in [0.1, 0.15) is 29.2 Å². The van der Waals surface area contributed by atoms with Gasteiger partial charge in [-0.3, -0.25) is 14.8 Å². The molecule has 4 aliphatic rings. The van der Waals surface area contributed by atoms with E-state index in [0.717, 1.165) is 62.7 Å². The number of halogens is 1. The van der Waals surface area contributed by atoms with Gasteiger partial charge in [-0.2, -0.15) is 9.97 Å². The molecule has 2 atom stereocenters. The minimum atomic E-state index is -0.564. The van der Waals surface area contributed by atoms with E-state index in [1.807, 2.05) is 49.9 Å². The first-order valence-electron chi connectivity index (χ1n) is 16.6. The zero-order valence-corrected chi connectivity index (χ0v) is 27.2. The van der Waals surface area contributed by atoms with Crippen molar-refractivity contribution in [2.75, 3.05) is 37.7 Å². The van der Waals surface area contributed by atoms with Gasteiger partial charge in [0.2, 0.25) is 0 Å². The van der Waals surface area contributed by atoms with E-state index in [1.165, 1.54) is 0 Å². The van der Waals surface area contributed by atoms with Crippen LogP contribution in [0.3, 0.4) is 0 Å². The first kappa shape index (κ1) is 30.1. The van der Waals surface area contributed by atoms with Crippen molar-refractivity contribution >= 4 is 22.8 Å². The molecule has 0 radical (unpaired) electrons. The number of hydrogen-bond donors (Lipinski definition) is 0. The topological polar surface area (TPSA) is 83.9 Å². The lowest BCUT2D eigenvalue weighted by Gasteiger charge is -2.42. The number of amides is 1. The lowest BCUT2D eigenvalue weighted by atomic mass is 9.94. The van der Waals surface area contributed by atoms with Crippen LogP contribution in [0.4, 0.5) is 15.0 Å². The van der Waals surface area contributed by atoms with Crippen LogP contribution in [0.15, 0.2) is 30.5 Å². The van der Waals surface area contributed by atoms with Crippen molar-refractivity contribution in [1.29, 1.82) is 0 Å². The van der Waals surface area contributed by atoms with E-state index in [-0.39, 0.29) is 46.9 Å². The van der Waals surface area contributed by atoms with Gasteiger partial charge in [-0.15, -0.1) is 0 Å². The van der Waals surface area contributed by atoms with Gasteiger partial charge in [0.15, 0.2) is 5.82 Å². The molecule has 0 saturated carbocycles. The number of anilines is 1. The molecule has 2 aromatic heterocycles. The summed E-state index contributed by atoms with van der Waals surface area (Å²) in [6.07, 6.45) is 7.72. The number of aromatic nitrogens is 3. The standard InChI is InChI=1S/C35H45FN6O3/c1-22(2)25-10-6-7-11-26(25)29-28(36)30-27(18-37-29)31(39-32(38-30)44-21-35-14-8-16-41(35)17-9-15-35)40-19-23-12-13-24(20-40)42(23)33(43)45-34(3,4)5/h6-7,10-11,18,22-24H,8-9,12-17,19-21H2,1-5H3. The first-order chi connectivity index (χ1) is 21.5. The molecular weight excluding hydrogens is 571 g/mol. The van der Waals surface area contributed by atoms with E-state index in [1.54, 1.807) is 6.20 Å². The van der Waals surface area contributed by atoms with Gasteiger partial charge in [0.25, 0.3) is 0 Å². The molecule has 10 heteroatoms. The molecule has 4 saturated heterocycles. The molecule has 7 rings (SSSR count). The van der Waals surface area contributed by atoms with Crippen LogP contribution >= 0.6 is 0 Å². The number of pyridine rings is 1. The maximum atomic E-state index is 16.7. The fourth-order valence-electron chi connectivity index (χ4n) is 8.08. The molecule has 9 nitrogen and oxygen atoms in total. The van der Waals surface area contributed by atoms with Gasteiger partial charge in [-0.1, -0.05) is 38.1 Å². The highest BCUT2D eigenvalue weighted by molar-refractivity contribution is 5.92. The summed E-state index contributed by atoms with van der Waals surface area (Å²) in [5.74, 6) is 0.346. The number of piperazine rings is 1. The summed E-state index contributed by atoms with van der Waals surface area (Å²) in [5.41, 5.74) is 1.75. The fourth-order valence-corrected chi connectivity index (χ4v) is 8.08. The molecule has 0 N–H and O–H groups in total. The van der Waals surface area contributed by atoms with E-state index in [0.29, 0.717) is 30.9 Å². The van der Waals surface area contributed by atoms with Crippen molar-refractivity contribution in [2.24, 2.45) is 0 Å². The molecule has 45 heavy (non-hydrogen) atoms. The van der Waals surface area contributed by atoms with Gasteiger partial charge >= 0.3 is 12.1 Å². The van der Waals surface area contributed by atoms with Crippen LogP contribution in [0.25, 0.3) is 22.2 Å². The molecule has 1 amide bonds. The number of benzene rings is 1. The van der Waals surface area contributed by atoms with Gasteiger partial charge in [0.05, 0.1) is 23.0 Å².